The molecule has 0 bridgehead atoms. The fourth-order valence-electron chi connectivity index (χ4n) is 1.91. The Morgan fingerprint density at radius 3 is 2.68 bits per heavy atom. The van der Waals surface area contributed by atoms with Crippen molar-refractivity contribution >= 4 is 11.3 Å². The summed E-state index contributed by atoms with van der Waals surface area (Å²) in [6, 6.07) is 4.02. The highest BCUT2D eigenvalue weighted by Crippen LogP contribution is 2.34. The number of nitrogens with zero attached hydrogens (tertiary/aromatic N) is 2. The van der Waals surface area contributed by atoms with Gasteiger partial charge < -0.3 is 5.32 Å². The fourth-order valence-corrected chi connectivity index (χ4v) is 3.14. The Hall–Kier alpha value is -1.26. The number of aromatic nitrogens is 2. The Labute approximate surface area is 119 Å². The zero-order valence-electron chi connectivity index (χ0n) is 12.0. The lowest BCUT2D eigenvalue weighted by atomic mass is 9.91. The van der Waals surface area contributed by atoms with Gasteiger partial charge in [-0.15, -0.1) is 11.3 Å². The molecule has 4 heteroatoms. The molecular formula is C15H21N3S. The van der Waals surface area contributed by atoms with E-state index in [1.807, 2.05) is 12.3 Å². The Balaban J connectivity index is 2.40. The average Bonchev–Trinajstić information content (AvgIpc) is 2.81. The van der Waals surface area contributed by atoms with Crippen molar-refractivity contribution in [1.29, 1.82) is 0 Å². The smallest absolute Gasteiger partial charge is 0.125 e. The minimum absolute atomic E-state index is 0.0711. The van der Waals surface area contributed by atoms with Crippen LogP contribution in [-0.2, 0) is 12.0 Å². The first kappa shape index (κ1) is 14.2. The minimum atomic E-state index is 0.0711. The van der Waals surface area contributed by atoms with E-state index in [2.05, 4.69) is 44.1 Å². The lowest BCUT2D eigenvalue weighted by Gasteiger charge is -2.17. The molecule has 19 heavy (non-hydrogen) atoms. The van der Waals surface area contributed by atoms with E-state index in [-0.39, 0.29) is 5.41 Å². The standard InChI is InChI=1S/C15H21N3S/c1-5-16-10-12-13(15(2,3)4)18-14(19-12)11-7-6-8-17-9-11/h6-9,16H,5,10H2,1-4H3. The van der Waals surface area contributed by atoms with Gasteiger partial charge in [-0.3, -0.25) is 4.98 Å². The van der Waals surface area contributed by atoms with Crippen LogP contribution in [0.4, 0.5) is 0 Å². The van der Waals surface area contributed by atoms with Crippen molar-refractivity contribution in [2.45, 2.75) is 39.7 Å². The topological polar surface area (TPSA) is 37.8 Å². The Bertz CT molecular complexity index is 526. The molecule has 2 aromatic heterocycles. The van der Waals surface area contributed by atoms with Gasteiger partial charge >= 0.3 is 0 Å². The Kier molecular flexibility index (Phi) is 4.32. The third kappa shape index (κ3) is 3.39. The van der Waals surface area contributed by atoms with Crippen molar-refractivity contribution in [3.63, 3.8) is 0 Å². The molecule has 0 aliphatic heterocycles. The van der Waals surface area contributed by atoms with Crippen LogP contribution in [0.3, 0.4) is 0 Å². The molecular weight excluding hydrogens is 254 g/mol. The van der Waals surface area contributed by atoms with Crippen LogP contribution in [0.2, 0.25) is 0 Å². The van der Waals surface area contributed by atoms with Crippen LogP contribution in [0.25, 0.3) is 10.6 Å². The molecule has 1 N–H and O–H groups in total. The van der Waals surface area contributed by atoms with Crippen molar-refractivity contribution in [3.05, 3.63) is 35.1 Å². The lowest BCUT2D eigenvalue weighted by Crippen LogP contribution is -2.18. The number of rotatable bonds is 4. The molecule has 0 atom stereocenters. The second kappa shape index (κ2) is 5.80. The van der Waals surface area contributed by atoms with Gasteiger partial charge in [-0.25, -0.2) is 4.98 Å². The number of pyridine rings is 1. The van der Waals surface area contributed by atoms with E-state index in [0.29, 0.717) is 0 Å². The molecule has 0 amide bonds. The van der Waals surface area contributed by atoms with E-state index in [0.717, 1.165) is 23.7 Å². The molecule has 2 aromatic rings. The number of thiazole rings is 1. The number of nitrogens with one attached hydrogen (secondary N) is 1. The predicted molar refractivity (Wildman–Crippen MR) is 81.4 cm³/mol. The summed E-state index contributed by atoms with van der Waals surface area (Å²) in [7, 11) is 0. The summed E-state index contributed by atoms with van der Waals surface area (Å²) in [5, 5.41) is 4.46. The van der Waals surface area contributed by atoms with Crippen molar-refractivity contribution < 1.29 is 0 Å². The summed E-state index contributed by atoms with van der Waals surface area (Å²) in [5.41, 5.74) is 2.36. The largest absolute Gasteiger partial charge is 0.312 e. The summed E-state index contributed by atoms with van der Waals surface area (Å²) >= 11 is 1.77. The third-order valence-corrected chi connectivity index (χ3v) is 3.96. The van der Waals surface area contributed by atoms with Gasteiger partial charge in [0.2, 0.25) is 0 Å². The molecule has 0 unspecified atom stereocenters. The van der Waals surface area contributed by atoms with Gasteiger partial charge in [0.05, 0.1) is 5.69 Å². The van der Waals surface area contributed by atoms with Crippen LogP contribution < -0.4 is 5.32 Å². The van der Waals surface area contributed by atoms with Crippen LogP contribution in [0.1, 0.15) is 38.3 Å². The maximum absolute atomic E-state index is 4.84. The molecule has 102 valence electrons. The Morgan fingerprint density at radius 2 is 2.11 bits per heavy atom. The first-order valence-corrected chi connectivity index (χ1v) is 7.45. The van der Waals surface area contributed by atoms with Gasteiger partial charge in [0.25, 0.3) is 0 Å². The van der Waals surface area contributed by atoms with Crippen LogP contribution in [0.15, 0.2) is 24.5 Å². The molecule has 0 spiro atoms. The molecule has 0 fully saturated rings. The molecule has 2 rings (SSSR count). The van der Waals surface area contributed by atoms with Crippen molar-refractivity contribution in [2.24, 2.45) is 0 Å². The summed E-state index contributed by atoms with van der Waals surface area (Å²) in [6.07, 6.45) is 3.67. The highest BCUT2D eigenvalue weighted by Gasteiger charge is 2.23. The number of hydrogen-bond acceptors (Lipinski definition) is 4. The monoisotopic (exact) mass is 275 g/mol. The molecule has 3 nitrogen and oxygen atoms in total. The van der Waals surface area contributed by atoms with Crippen molar-refractivity contribution in [2.75, 3.05) is 6.54 Å². The quantitative estimate of drug-likeness (QED) is 0.926. The van der Waals surface area contributed by atoms with Gasteiger partial charge in [-0.05, 0) is 18.7 Å². The second-order valence-electron chi connectivity index (χ2n) is 5.56. The summed E-state index contributed by atoms with van der Waals surface area (Å²) in [5.74, 6) is 0. The normalized spacial score (nSPS) is 11.8. The van der Waals surface area contributed by atoms with Gasteiger partial charge in [-0.2, -0.15) is 0 Å². The van der Waals surface area contributed by atoms with Crippen LogP contribution in [0, 0.1) is 0 Å². The van der Waals surface area contributed by atoms with Gasteiger partial charge in [-0.1, -0.05) is 27.7 Å². The molecule has 0 saturated carbocycles. The molecule has 0 aliphatic carbocycles. The maximum Gasteiger partial charge on any atom is 0.125 e. The highest BCUT2D eigenvalue weighted by atomic mass is 32.1. The van der Waals surface area contributed by atoms with Crippen LogP contribution in [0.5, 0.6) is 0 Å². The molecule has 2 heterocycles. The van der Waals surface area contributed by atoms with E-state index < -0.39 is 0 Å². The average molecular weight is 275 g/mol. The minimum Gasteiger partial charge on any atom is -0.312 e. The van der Waals surface area contributed by atoms with Gasteiger partial charge in [0.15, 0.2) is 0 Å². The van der Waals surface area contributed by atoms with E-state index >= 15 is 0 Å². The maximum atomic E-state index is 4.84. The summed E-state index contributed by atoms with van der Waals surface area (Å²) in [6.45, 7) is 10.6. The fraction of sp³-hybridized carbons (Fsp3) is 0.467. The first-order valence-electron chi connectivity index (χ1n) is 6.63. The zero-order chi connectivity index (χ0) is 13.9. The van der Waals surface area contributed by atoms with E-state index in [4.69, 9.17) is 4.98 Å². The van der Waals surface area contributed by atoms with E-state index in [1.54, 1.807) is 17.5 Å². The summed E-state index contributed by atoms with van der Waals surface area (Å²) < 4.78 is 0. The van der Waals surface area contributed by atoms with Crippen molar-refractivity contribution in [3.8, 4) is 10.6 Å². The van der Waals surface area contributed by atoms with Crippen molar-refractivity contribution in [1.82, 2.24) is 15.3 Å². The third-order valence-electron chi connectivity index (χ3n) is 2.85. The summed E-state index contributed by atoms with van der Waals surface area (Å²) in [4.78, 5) is 10.3. The molecule has 0 saturated heterocycles. The molecule has 0 aliphatic rings. The van der Waals surface area contributed by atoms with Gasteiger partial charge in [0.1, 0.15) is 5.01 Å². The van der Waals surface area contributed by atoms with Crippen LogP contribution >= 0.6 is 11.3 Å². The molecule has 0 radical (unpaired) electrons. The first-order chi connectivity index (χ1) is 9.02. The number of hydrogen-bond donors (Lipinski definition) is 1. The molecule has 0 aromatic carbocycles. The zero-order valence-corrected chi connectivity index (χ0v) is 12.8. The predicted octanol–water partition coefficient (Wildman–Crippen LogP) is 3.61. The second-order valence-corrected chi connectivity index (χ2v) is 6.65. The van der Waals surface area contributed by atoms with E-state index in [1.165, 1.54) is 10.6 Å². The van der Waals surface area contributed by atoms with Crippen LogP contribution in [-0.4, -0.2) is 16.5 Å². The SMILES string of the molecule is CCNCc1sc(-c2cccnc2)nc1C(C)(C)C. The lowest BCUT2D eigenvalue weighted by molar-refractivity contribution is 0.561. The highest BCUT2D eigenvalue weighted by molar-refractivity contribution is 7.15. The Morgan fingerprint density at radius 1 is 1.32 bits per heavy atom. The van der Waals surface area contributed by atoms with Gasteiger partial charge in [0, 0.05) is 34.8 Å². The van der Waals surface area contributed by atoms with E-state index in [9.17, 15) is 0 Å².